The molecule has 1 aromatic heterocycles. The highest BCUT2D eigenvalue weighted by Gasteiger charge is 2.10. The van der Waals surface area contributed by atoms with Crippen molar-refractivity contribution >= 4 is 22.3 Å². The topological polar surface area (TPSA) is 63.6 Å². The maximum Gasteiger partial charge on any atom is 0.162 e. The predicted octanol–water partition coefficient (Wildman–Crippen LogP) is 3.70. The quantitative estimate of drug-likeness (QED) is 0.768. The van der Waals surface area contributed by atoms with Gasteiger partial charge in [-0.05, 0) is 24.3 Å². The summed E-state index contributed by atoms with van der Waals surface area (Å²) in [4.78, 5) is 4.36. The van der Waals surface area contributed by atoms with Crippen molar-refractivity contribution in [2.75, 3.05) is 19.5 Å². The lowest BCUT2D eigenvalue weighted by Crippen LogP contribution is -1.95. The van der Waals surface area contributed by atoms with Gasteiger partial charge in [-0.2, -0.15) is 0 Å². The Morgan fingerprint density at radius 3 is 2.50 bits per heavy atom. The van der Waals surface area contributed by atoms with Crippen LogP contribution in [0.5, 0.6) is 17.2 Å². The monoisotopic (exact) mass is 296 g/mol. The molecule has 0 saturated carbocycles. The number of hydrogen-bond acceptors (Lipinski definition) is 5. The fraction of sp³-hybridized carbons (Fsp3) is 0.118. The first kappa shape index (κ1) is 14.0. The number of ether oxygens (including phenoxy) is 2. The molecule has 22 heavy (non-hydrogen) atoms. The van der Waals surface area contributed by atoms with Crippen LogP contribution in [0.4, 0.5) is 11.4 Å². The molecule has 0 aliphatic heterocycles. The Labute approximate surface area is 128 Å². The van der Waals surface area contributed by atoms with Crippen LogP contribution in [0.3, 0.4) is 0 Å². The number of benzene rings is 2. The third-order valence-electron chi connectivity index (χ3n) is 3.37. The Bertz CT molecular complexity index is 818. The predicted molar refractivity (Wildman–Crippen MR) is 86.2 cm³/mol. The molecule has 0 spiro atoms. The van der Waals surface area contributed by atoms with Gasteiger partial charge in [-0.3, -0.25) is 4.98 Å². The van der Waals surface area contributed by atoms with Crippen molar-refractivity contribution in [3.8, 4) is 17.2 Å². The highest BCUT2D eigenvalue weighted by Crippen LogP contribution is 2.35. The molecule has 0 atom stereocenters. The SMILES string of the molecule is COc1cc2nccc(Nc3cccc(O)c3)c2cc1OC. The second kappa shape index (κ2) is 5.81. The molecule has 0 fully saturated rings. The number of anilines is 2. The maximum absolute atomic E-state index is 9.57. The van der Waals surface area contributed by atoms with Crippen LogP contribution in [-0.4, -0.2) is 24.3 Å². The molecule has 3 aromatic rings. The average molecular weight is 296 g/mol. The number of phenolic OH excluding ortho intramolecular Hbond substituents is 1. The van der Waals surface area contributed by atoms with Gasteiger partial charge in [0.2, 0.25) is 0 Å². The van der Waals surface area contributed by atoms with Crippen molar-refractivity contribution < 1.29 is 14.6 Å². The summed E-state index contributed by atoms with van der Waals surface area (Å²) in [5.41, 5.74) is 2.46. The summed E-state index contributed by atoms with van der Waals surface area (Å²) >= 11 is 0. The summed E-state index contributed by atoms with van der Waals surface area (Å²) in [7, 11) is 3.20. The zero-order chi connectivity index (χ0) is 15.5. The standard InChI is InChI=1S/C17H16N2O3/c1-21-16-9-13-14(19-11-4-3-5-12(20)8-11)6-7-18-15(13)10-17(16)22-2/h3-10,20H,1-2H3,(H,18,19). The molecule has 0 aliphatic rings. The summed E-state index contributed by atoms with van der Waals surface area (Å²) < 4.78 is 10.6. The number of pyridine rings is 1. The first-order valence-corrected chi connectivity index (χ1v) is 6.78. The molecule has 0 unspecified atom stereocenters. The fourth-order valence-electron chi connectivity index (χ4n) is 2.32. The lowest BCUT2D eigenvalue weighted by atomic mass is 10.1. The number of rotatable bonds is 4. The molecular formula is C17H16N2O3. The maximum atomic E-state index is 9.57. The largest absolute Gasteiger partial charge is 0.508 e. The van der Waals surface area contributed by atoms with Crippen LogP contribution in [0.25, 0.3) is 10.9 Å². The van der Waals surface area contributed by atoms with Gasteiger partial charge < -0.3 is 19.9 Å². The molecule has 2 N–H and O–H groups in total. The van der Waals surface area contributed by atoms with Gasteiger partial charge in [-0.1, -0.05) is 6.07 Å². The molecule has 0 aliphatic carbocycles. The molecule has 5 nitrogen and oxygen atoms in total. The molecule has 5 heteroatoms. The highest BCUT2D eigenvalue weighted by molar-refractivity contribution is 5.95. The molecule has 0 bridgehead atoms. The molecule has 3 rings (SSSR count). The van der Waals surface area contributed by atoms with Crippen LogP contribution < -0.4 is 14.8 Å². The number of phenols is 1. The van der Waals surface area contributed by atoms with E-state index in [2.05, 4.69) is 10.3 Å². The van der Waals surface area contributed by atoms with Gasteiger partial charge in [-0.25, -0.2) is 0 Å². The molecule has 0 saturated heterocycles. The number of aromatic hydroxyl groups is 1. The third kappa shape index (κ3) is 2.61. The van der Waals surface area contributed by atoms with E-state index in [1.54, 1.807) is 38.6 Å². The van der Waals surface area contributed by atoms with E-state index < -0.39 is 0 Å². The average Bonchev–Trinajstić information content (AvgIpc) is 2.54. The van der Waals surface area contributed by atoms with Crippen molar-refractivity contribution in [3.05, 3.63) is 48.7 Å². The molecule has 0 radical (unpaired) electrons. The van der Waals surface area contributed by atoms with Crippen LogP contribution in [0.1, 0.15) is 0 Å². The van der Waals surface area contributed by atoms with E-state index in [-0.39, 0.29) is 5.75 Å². The first-order chi connectivity index (χ1) is 10.7. The van der Waals surface area contributed by atoms with E-state index in [9.17, 15) is 5.11 Å². The Morgan fingerprint density at radius 1 is 1.00 bits per heavy atom. The molecule has 1 heterocycles. The van der Waals surface area contributed by atoms with Crippen molar-refractivity contribution in [2.24, 2.45) is 0 Å². The van der Waals surface area contributed by atoms with Crippen molar-refractivity contribution in [2.45, 2.75) is 0 Å². The summed E-state index contributed by atoms with van der Waals surface area (Å²) in [5.74, 6) is 1.49. The zero-order valence-electron chi connectivity index (χ0n) is 12.3. The van der Waals surface area contributed by atoms with Gasteiger partial charge in [0.1, 0.15) is 5.75 Å². The summed E-state index contributed by atoms with van der Waals surface area (Å²) in [6, 6.07) is 12.5. The van der Waals surface area contributed by atoms with Crippen molar-refractivity contribution in [1.29, 1.82) is 0 Å². The van der Waals surface area contributed by atoms with Gasteiger partial charge in [0.15, 0.2) is 11.5 Å². The second-order valence-corrected chi connectivity index (χ2v) is 4.76. The van der Waals surface area contributed by atoms with Gasteiger partial charge in [0.25, 0.3) is 0 Å². The van der Waals surface area contributed by atoms with E-state index in [0.29, 0.717) is 11.5 Å². The third-order valence-corrected chi connectivity index (χ3v) is 3.37. The van der Waals surface area contributed by atoms with E-state index in [1.165, 1.54) is 0 Å². The molecular weight excluding hydrogens is 280 g/mol. The minimum absolute atomic E-state index is 0.211. The van der Waals surface area contributed by atoms with Crippen LogP contribution in [-0.2, 0) is 0 Å². The minimum atomic E-state index is 0.211. The van der Waals surface area contributed by atoms with Crippen LogP contribution in [0.2, 0.25) is 0 Å². The van der Waals surface area contributed by atoms with Gasteiger partial charge in [0, 0.05) is 35.1 Å². The number of hydrogen-bond donors (Lipinski definition) is 2. The van der Waals surface area contributed by atoms with Crippen molar-refractivity contribution in [1.82, 2.24) is 4.98 Å². The minimum Gasteiger partial charge on any atom is -0.508 e. The Kier molecular flexibility index (Phi) is 3.70. The van der Waals surface area contributed by atoms with E-state index in [0.717, 1.165) is 22.3 Å². The lowest BCUT2D eigenvalue weighted by molar-refractivity contribution is 0.356. The first-order valence-electron chi connectivity index (χ1n) is 6.78. The summed E-state index contributed by atoms with van der Waals surface area (Å²) in [6.07, 6.45) is 1.72. The zero-order valence-corrected chi connectivity index (χ0v) is 12.3. The molecule has 2 aromatic carbocycles. The van der Waals surface area contributed by atoms with E-state index >= 15 is 0 Å². The summed E-state index contributed by atoms with van der Waals surface area (Å²) in [6.45, 7) is 0. The normalized spacial score (nSPS) is 10.5. The van der Waals surface area contributed by atoms with Gasteiger partial charge in [0.05, 0.1) is 19.7 Å². The number of fused-ring (bicyclic) bond motifs is 1. The Hall–Kier alpha value is -2.95. The fourth-order valence-corrected chi connectivity index (χ4v) is 2.32. The van der Waals surface area contributed by atoms with Crippen molar-refractivity contribution in [3.63, 3.8) is 0 Å². The van der Waals surface area contributed by atoms with Crippen LogP contribution >= 0.6 is 0 Å². The number of methoxy groups -OCH3 is 2. The second-order valence-electron chi connectivity index (χ2n) is 4.76. The molecule has 112 valence electrons. The smallest absolute Gasteiger partial charge is 0.162 e. The number of nitrogens with one attached hydrogen (secondary N) is 1. The van der Waals surface area contributed by atoms with Crippen LogP contribution in [0, 0.1) is 0 Å². The summed E-state index contributed by atoms with van der Waals surface area (Å²) in [5, 5.41) is 13.8. The molecule has 0 amide bonds. The van der Waals surface area contributed by atoms with E-state index in [1.807, 2.05) is 24.3 Å². The Morgan fingerprint density at radius 2 is 1.77 bits per heavy atom. The lowest BCUT2D eigenvalue weighted by Gasteiger charge is -2.13. The van der Waals surface area contributed by atoms with Gasteiger partial charge in [-0.15, -0.1) is 0 Å². The van der Waals surface area contributed by atoms with E-state index in [4.69, 9.17) is 9.47 Å². The highest BCUT2D eigenvalue weighted by atomic mass is 16.5. The van der Waals surface area contributed by atoms with Crippen LogP contribution in [0.15, 0.2) is 48.7 Å². The number of nitrogens with zero attached hydrogens (tertiary/aromatic N) is 1. The number of aromatic nitrogens is 1. The van der Waals surface area contributed by atoms with Gasteiger partial charge >= 0.3 is 0 Å². The Balaban J connectivity index is 2.09.